The number of thiophene rings is 1. The van der Waals surface area contributed by atoms with Gasteiger partial charge in [-0.2, -0.15) is 0 Å². The third kappa shape index (κ3) is 1.60. The molecule has 5 heteroatoms. The van der Waals surface area contributed by atoms with Gasteiger partial charge in [0.15, 0.2) is 0 Å². The zero-order chi connectivity index (χ0) is 11.8. The van der Waals surface area contributed by atoms with Crippen molar-refractivity contribution in [1.29, 1.82) is 0 Å². The molecule has 0 atom stereocenters. The molecule has 0 amide bonds. The smallest absolute Gasteiger partial charge is 0.271 e. The fourth-order valence-corrected chi connectivity index (χ4v) is 2.62. The van der Waals surface area contributed by atoms with Crippen LogP contribution in [0.25, 0.3) is 21.3 Å². The van der Waals surface area contributed by atoms with E-state index in [1.54, 1.807) is 23.5 Å². The number of fused-ring (bicyclic) bond motifs is 1. The molecular weight excluding hydrogens is 236 g/mol. The van der Waals surface area contributed by atoms with E-state index < -0.39 is 0 Å². The van der Waals surface area contributed by atoms with Crippen LogP contribution in [0, 0.1) is 10.1 Å². The van der Waals surface area contributed by atoms with Crippen LogP contribution in [-0.2, 0) is 0 Å². The number of benzene rings is 1. The van der Waals surface area contributed by atoms with Crippen LogP contribution >= 0.6 is 11.3 Å². The molecular formula is C12H8N2O2S. The van der Waals surface area contributed by atoms with E-state index in [0.717, 1.165) is 21.3 Å². The van der Waals surface area contributed by atoms with Gasteiger partial charge in [-0.05, 0) is 17.5 Å². The number of hydrogen-bond acceptors (Lipinski definition) is 3. The molecule has 3 rings (SSSR count). The third-order valence-electron chi connectivity index (χ3n) is 2.66. The number of nitro benzene ring substituents is 1. The normalized spacial score (nSPS) is 10.8. The molecule has 0 saturated heterocycles. The third-order valence-corrected chi connectivity index (χ3v) is 3.57. The first-order chi connectivity index (χ1) is 8.25. The maximum atomic E-state index is 10.7. The summed E-state index contributed by atoms with van der Waals surface area (Å²) in [6.45, 7) is 0. The molecule has 0 saturated carbocycles. The zero-order valence-electron chi connectivity index (χ0n) is 8.71. The zero-order valence-corrected chi connectivity index (χ0v) is 9.53. The number of aromatic amines is 1. The molecule has 0 aliphatic rings. The largest absolute Gasteiger partial charge is 0.360 e. The lowest BCUT2D eigenvalue weighted by Crippen LogP contribution is -1.86. The van der Waals surface area contributed by atoms with Crippen LogP contribution in [0.1, 0.15) is 0 Å². The van der Waals surface area contributed by atoms with E-state index in [9.17, 15) is 10.1 Å². The van der Waals surface area contributed by atoms with Gasteiger partial charge in [0.25, 0.3) is 5.69 Å². The average molecular weight is 244 g/mol. The van der Waals surface area contributed by atoms with E-state index in [4.69, 9.17) is 0 Å². The van der Waals surface area contributed by atoms with Crippen molar-refractivity contribution in [1.82, 2.24) is 4.98 Å². The van der Waals surface area contributed by atoms with Crippen LogP contribution < -0.4 is 0 Å². The van der Waals surface area contributed by atoms with Gasteiger partial charge in [-0.15, -0.1) is 11.3 Å². The van der Waals surface area contributed by atoms with Crippen LogP contribution in [0.15, 0.2) is 41.9 Å². The summed E-state index contributed by atoms with van der Waals surface area (Å²) >= 11 is 1.65. The van der Waals surface area contributed by atoms with Crippen molar-refractivity contribution >= 4 is 27.9 Å². The quantitative estimate of drug-likeness (QED) is 0.550. The Morgan fingerprint density at radius 1 is 1.29 bits per heavy atom. The maximum absolute atomic E-state index is 10.7. The standard InChI is InChI=1S/C12H8N2O2S/c15-14(16)8-3-4-9-10(7-13-11(9)6-8)12-2-1-5-17-12/h1-7,13H. The predicted octanol–water partition coefficient (Wildman–Crippen LogP) is 3.80. The average Bonchev–Trinajstić information content (AvgIpc) is 2.96. The number of nitrogens with zero attached hydrogens (tertiary/aromatic N) is 1. The SMILES string of the molecule is O=[N+]([O-])c1ccc2c(-c3cccs3)c[nH]c2c1. The van der Waals surface area contributed by atoms with Crippen molar-refractivity contribution in [3.8, 4) is 10.4 Å². The molecule has 84 valence electrons. The molecule has 1 aromatic carbocycles. The van der Waals surface area contributed by atoms with E-state index in [1.165, 1.54) is 6.07 Å². The monoisotopic (exact) mass is 244 g/mol. The second-order valence-corrected chi connectivity index (χ2v) is 4.61. The van der Waals surface area contributed by atoms with Crippen LogP contribution in [0.2, 0.25) is 0 Å². The fourth-order valence-electron chi connectivity index (χ4n) is 1.86. The highest BCUT2D eigenvalue weighted by atomic mass is 32.1. The first-order valence-corrected chi connectivity index (χ1v) is 5.93. The second kappa shape index (κ2) is 3.71. The van der Waals surface area contributed by atoms with Gasteiger partial charge in [-0.25, -0.2) is 0 Å². The van der Waals surface area contributed by atoms with Crippen molar-refractivity contribution in [3.05, 3.63) is 52.0 Å². The summed E-state index contributed by atoms with van der Waals surface area (Å²) in [4.78, 5) is 14.5. The first-order valence-electron chi connectivity index (χ1n) is 5.05. The van der Waals surface area contributed by atoms with E-state index >= 15 is 0 Å². The molecule has 0 unspecified atom stereocenters. The fraction of sp³-hybridized carbons (Fsp3) is 0. The van der Waals surface area contributed by atoms with Crippen molar-refractivity contribution in [3.63, 3.8) is 0 Å². The van der Waals surface area contributed by atoms with Crippen molar-refractivity contribution in [2.45, 2.75) is 0 Å². The molecule has 0 bridgehead atoms. The summed E-state index contributed by atoms with van der Waals surface area (Å²) in [5.41, 5.74) is 1.99. The summed E-state index contributed by atoms with van der Waals surface area (Å²) in [5.74, 6) is 0. The molecule has 3 aromatic rings. The highest BCUT2D eigenvalue weighted by Crippen LogP contribution is 2.33. The number of nitro groups is 1. The molecule has 2 aromatic heterocycles. The van der Waals surface area contributed by atoms with E-state index in [2.05, 4.69) is 4.98 Å². The summed E-state index contributed by atoms with van der Waals surface area (Å²) < 4.78 is 0. The van der Waals surface area contributed by atoms with Crippen LogP contribution in [-0.4, -0.2) is 9.91 Å². The van der Waals surface area contributed by atoms with Gasteiger partial charge in [-0.3, -0.25) is 10.1 Å². The van der Waals surface area contributed by atoms with Gasteiger partial charge in [0, 0.05) is 34.2 Å². The maximum Gasteiger partial charge on any atom is 0.271 e. The lowest BCUT2D eigenvalue weighted by Gasteiger charge is -1.95. The van der Waals surface area contributed by atoms with Crippen molar-refractivity contribution < 1.29 is 4.92 Å². The Labute approximate surface area is 101 Å². The lowest BCUT2D eigenvalue weighted by atomic mass is 10.1. The number of aromatic nitrogens is 1. The molecule has 4 nitrogen and oxygen atoms in total. The molecule has 0 spiro atoms. The second-order valence-electron chi connectivity index (χ2n) is 3.67. The summed E-state index contributed by atoms with van der Waals surface area (Å²) in [6, 6.07) is 8.91. The van der Waals surface area contributed by atoms with Gasteiger partial charge in [-0.1, -0.05) is 6.07 Å². The van der Waals surface area contributed by atoms with Gasteiger partial charge in [0.1, 0.15) is 0 Å². The van der Waals surface area contributed by atoms with Gasteiger partial charge >= 0.3 is 0 Å². The van der Waals surface area contributed by atoms with Crippen LogP contribution in [0.4, 0.5) is 5.69 Å². The molecule has 0 aliphatic heterocycles. The number of rotatable bonds is 2. The molecule has 17 heavy (non-hydrogen) atoms. The minimum absolute atomic E-state index is 0.108. The van der Waals surface area contributed by atoms with Crippen molar-refractivity contribution in [2.24, 2.45) is 0 Å². The minimum atomic E-state index is -0.384. The lowest BCUT2D eigenvalue weighted by molar-refractivity contribution is -0.384. The van der Waals surface area contributed by atoms with Crippen LogP contribution in [0.3, 0.4) is 0 Å². The summed E-state index contributed by atoms with van der Waals surface area (Å²) in [6.07, 6.45) is 1.89. The highest BCUT2D eigenvalue weighted by molar-refractivity contribution is 7.13. The van der Waals surface area contributed by atoms with Gasteiger partial charge in [0.2, 0.25) is 0 Å². The summed E-state index contributed by atoms with van der Waals surface area (Å²) in [5, 5.41) is 13.7. The Kier molecular flexibility index (Phi) is 2.19. The van der Waals surface area contributed by atoms with E-state index in [0.29, 0.717) is 0 Å². The van der Waals surface area contributed by atoms with E-state index in [1.807, 2.05) is 23.7 Å². The van der Waals surface area contributed by atoms with Crippen LogP contribution in [0.5, 0.6) is 0 Å². The number of hydrogen-bond donors (Lipinski definition) is 1. The first kappa shape index (κ1) is 10.0. The Morgan fingerprint density at radius 3 is 2.88 bits per heavy atom. The molecule has 0 radical (unpaired) electrons. The molecule has 2 heterocycles. The summed E-state index contributed by atoms with van der Waals surface area (Å²) in [7, 11) is 0. The van der Waals surface area contributed by atoms with E-state index in [-0.39, 0.29) is 10.6 Å². The molecule has 1 N–H and O–H groups in total. The Hall–Kier alpha value is -2.14. The molecule has 0 fully saturated rings. The number of H-pyrrole nitrogens is 1. The molecule has 0 aliphatic carbocycles. The van der Waals surface area contributed by atoms with Crippen molar-refractivity contribution in [2.75, 3.05) is 0 Å². The predicted molar refractivity (Wildman–Crippen MR) is 68.3 cm³/mol. The Balaban J connectivity index is 2.21. The number of nitrogens with one attached hydrogen (secondary N) is 1. The van der Waals surface area contributed by atoms with Gasteiger partial charge < -0.3 is 4.98 Å². The Morgan fingerprint density at radius 2 is 2.18 bits per heavy atom. The minimum Gasteiger partial charge on any atom is -0.360 e. The Bertz CT molecular complexity index is 686. The highest BCUT2D eigenvalue weighted by Gasteiger charge is 2.11. The number of non-ortho nitro benzene ring substituents is 1. The topological polar surface area (TPSA) is 58.9 Å². The van der Waals surface area contributed by atoms with Gasteiger partial charge in [0.05, 0.1) is 10.4 Å².